The van der Waals surface area contributed by atoms with Crippen LogP contribution in [0.3, 0.4) is 0 Å². The maximum Gasteiger partial charge on any atom is 0.255 e. The number of aromatic nitrogens is 1. The minimum Gasteiger partial charge on any atom is -0.399 e. The first-order chi connectivity index (χ1) is 17.9. The van der Waals surface area contributed by atoms with E-state index >= 15 is 0 Å². The van der Waals surface area contributed by atoms with Gasteiger partial charge in [0.1, 0.15) is 11.3 Å². The van der Waals surface area contributed by atoms with Gasteiger partial charge in [0.05, 0.1) is 10.2 Å². The number of nitrogens with one attached hydrogen (secondary N) is 1. The molecule has 0 saturated carbocycles. The van der Waals surface area contributed by atoms with Crippen molar-refractivity contribution in [1.29, 1.82) is 0 Å². The van der Waals surface area contributed by atoms with Gasteiger partial charge in [0.2, 0.25) is 0 Å². The van der Waals surface area contributed by atoms with E-state index in [9.17, 15) is 9.59 Å². The molecule has 7 heteroatoms. The number of hydrogen-bond donors (Lipinski definition) is 2. The van der Waals surface area contributed by atoms with Crippen LogP contribution < -0.4 is 11.1 Å². The Morgan fingerprint density at radius 1 is 0.865 bits per heavy atom. The molecule has 4 rings (SSSR count). The Morgan fingerprint density at radius 2 is 1.41 bits per heavy atom. The van der Waals surface area contributed by atoms with Crippen LogP contribution in [0.5, 0.6) is 0 Å². The average Bonchev–Trinajstić information content (AvgIpc) is 3.36. The van der Waals surface area contributed by atoms with Crippen molar-refractivity contribution in [2.24, 2.45) is 0 Å². The fourth-order valence-electron chi connectivity index (χ4n) is 2.67. The van der Waals surface area contributed by atoms with Gasteiger partial charge in [-0.15, -0.1) is 11.3 Å². The number of nitrogens with two attached hydrogens (primary N) is 1. The normalized spacial score (nSPS) is 9.24. The molecule has 0 fully saturated rings. The average molecular weight is 523 g/mol. The van der Waals surface area contributed by atoms with Gasteiger partial charge < -0.3 is 16.0 Å². The van der Waals surface area contributed by atoms with Crippen LogP contribution in [0.25, 0.3) is 20.8 Å². The number of anilines is 2. The molecule has 0 atom stereocenters. The Hall–Kier alpha value is -3.55. The number of aldehydes is 1. The van der Waals surface area contributed by atoms with Crippen LogP contribution in [0.15, 0.2) is 66.7 Å². The Bertz CT molecular complexity index is 1180. The van der Waals surface area contributed by atoms with Crippen LogP contribution in [0.2, 0.25) is 0 Å². The van der Waals surface area contributed by atoms with Crippen LogP contribution in [-0.2, 0) is 0 Å². The second-order valence-electron chi connectivity index (χ2n) is 7.36. The van der Waals surface area contributed by atoms with Crippen LogP contribution in [0.4, 0.5) is 11.4 Å². The van der Waals surface area contributed by atoms with E-state index in [-0.39, 0.29) is 5.91 Å². The lowest BCUT2D eigenvalue weighted by Crippen LogP contribution is -2.11. The summed E-state index contributed by atoms with van der Waals surface area (Å²) in [6, 6.07) is 19.7. The minimum absolute atomic E-state index is 0.191. The van der Waals surface area contributed by atoms with Crippen LogP contribution in [0.1, 0.15) is 62.3 Å². The molecule has 0 aliphatic rings. The van der Waals surface area contributed by atoms with E-state index in [1.165, 1.54) is 11.3 Å². The maximum atomic E-state index is 12.3. The summed E-state index contributed by atoms with van der Waals surface area (Å²) in [5.41, 5.74) is 9.96. The molecule has 1 heterocycles. The highest BCUT2D eigenvalue weighted by Crippen LogP contribution is 2.31. The van der Waals surface area contributed by atoms with Crippen molar-refractivity contribution >= 4 is 45.1 Å². The first-order valence-corrected chi connectivity index (χ1v) is 13.4. The van der Waals surface area contributed by atoms with E-state index in [2.05, 4.69) is 10.3 Å². The highest BCUT2D eigenvalue weighted by Gasteiger charge is 2.09. The third kappa shape index (κ3) is 11.4. The largest absolute Gasteiger partial charge is 0.399 e. The van der Waals surface area contributed by atoms with E-state index in [1.807, 2.05) is 104 Å². The number of carbonyl (C=O) groups excluding carboxylic acids is 2. The van der Waals surface area contributed by atoms with E-state index in [0.29, 0.717) is 22.5 Å². The number of nitrogen functional groups attached to an aromatic ring is 1. The van der Waals surface area contributed by atoms with E-state index < -0.39 is 0 Å². The number of thiazole rings is 1. The first kappa shape index (κ1) is 33.4. The van der Waals surface area contributed by atoms with Crippen LogP contribution in [-0.4, -0.2) is 43.2 Å². The van der Waals surface area contributed by atoms with Gasteiger partial charge in [-0.3, -0.25) is 9.59 Å². The number of nitrogens with zero attached hydrogens (tertiary/aromatic N) is 2. The lowest BCUT2D eigenvalue weighted by Gasteiger charge is -2.06. The van der Waals surface area contributed by atoms with Crippen molar-refractivity contribution < 1.29 is 9.59 Å². The summed E-state index contributed by atoms with van der Waals surface area (Å²) < 4.78 is 0.968. The zero-order chi connectivity index (χ0) is 28.4. The Labute approximate surface area is 226 Å². The van der Waals surface area contributed by atoms with Gasteiger partial charge in [0.15, 0.2) is 0 Å². The zero-order valence-electron chi connectivity index (χ0n) is 23.6. The Kier molecular flexibility index (Phi) is 16.9. The van der Waals surface area contributed by atoms with Gasteiger partial charge in [0, 0.05) is 28.1 Å². The van der Waals surface area contributed by atoms with Crippen LogP contribution in [0, 0.1) is 0 Å². The molecule has 4 aromatic rings. The molecule has 37 heavy (non-hydrogen) atoms. The molecule has 0 spiro atoms. The topological polar surface area (TPSA) is 88.3 Å². The van der Waals surface area contributed by atoms with Gasteiger partial charge in [-0.05, 0) is 87.9 Å². The summed E-state index contributed by atoms with van der Waals surface area (Å²) in [6.45, 7) is 12.0. The predicted octanol–water partition coefficient (Wildman–Crippen LogP) is 7.87. The molecule has 0 aliphatic heterocycles. The molecule has 3 N–H and O–H groups in total. The molecule has 0 radical (unpaired) electrons. The zero-order valence-corrected chi connectivity index (χ0v) is 24.4. The summed E-state index contributed by atoms with van der Waals surface area (Å²) in [6.07, 6.45) is 0.831. The molecular formula is C30H42N4O2S. The molecule has 0 bridgehead atoms. The monoisotopic (exact) mass is 522 g/mol. The van der Waals surface area contributed by atoms with Gasteiger partial charge in [0.25, 0.3) is 5.91 Å². The van der Waals surface area contributed by atoms with Crippen LogP contribution >= 0.6 is 11.3 Å². The van der Waals surface area contributed by atoms with E-state index in [0.717, 1.165) is 27.1 Å². The molecule has 6 nitrogen and oxygen atoms in total. The fourth-order valence-corrected chi connectivity index (χ4v) is 3.69. The number of benzene rings is 3. The number of hydrogen-bond acceptors (Lipinski definition) is 6. The summed E-state index contributed by atoms with van der Waals surface area (Å²) in [7, 11) is 6.00. The summed E-state index contributed by atoms with van der Waals surface area (Å²) >= 11 is 1.53. The molecule has 0 aliphatic carbocycles. The third-order valence-electron chi connectivity index (χ3n) is 4.11. The van der Waals surface area contributed by atoms with Crippen molar-refractivity contribution in [2.45, 2.75) is 41.5 Å². The van der Waals surface area contributed by atoms with E-state index in [4.69, 9.17) is 5.73 Å². The fraction of sp³-hybridized carbons (Fsp3) is 0.300. The highest BCUT2D eigenvalue weighted by molar-refractivity contribution is 7.21. The standard InChI is InChI=1S/C21H15N3O2S.C3H9N.3C2H6/c22-16-6-2-14(3-7-16)20(26)23-17-8-4-15(5-9-17)21-24-18-10-1-13(12-25)11-19(18)27-21;1-4(2)3;3*1-2/h1-12H,22H2,(H,23,26);1-3H3;3*1-2H3. The Balaban J connectivity index is 0.00000114. The molecule has 0 unspecified atom stereocenters. The molecular weight excluding hydrogens is 480 g/mol. The van der Waals surface area contributed by atoms with Gasteiger partial charge in [-0.1, -0.05) is 41.5 Å². The summed E-state index contributed by atoms with van der Waals surface area (Å²) in [5, 5.41) is 3.73. The lowest BCUT2D eigenvalue weighted by molar-refractivity contribution is 0.102. The maximum absolute atomic E-state index is 12.3. The summed E-state index contributed by atoms with van der Waals surface area (Å²) in [5.74, 6) is -0.191. The first-order valence-electron chi connectivity index (χ1n) is 12.6. The molecule has 3 aromatic carbocycles. The second-order valence-corrected chi connectivity index (χ2v) is 8.39. The smallest absolute Gasteiger partial charge is 0.255 e. The number of carbonyl (C=O) groups is 2. The number of fused-ring (bicyclic) bond motifs is 1. The van der Waals surface area contributed by atoms with Gasteiger partial charge >= 0.3 is 0 Å². The van der Waals surface area contributed by atoms with Crippen molar-refractivity contribution in [2.75, 3.05) is 32.2 Å². The Morgan fingerprint density at radius 3 is 1.92 bits per heavy atom. The summed E-state index contributed by atoms with van der Waals surface area (Å²) in [4.78, 5) is 29.8. The predicted molar refractivity (Wildman–Crippen MR) is 163 cm³/mol. The van der Waals surface area contributed by atoms with E-state index in [1.54, 1.807) is 30.3 Å². The van der Waals surface area contributed by atoms with Gasteiger partial charge in [-0.25, -0.2) is 4.98 Å². The third-order valence-corrected chi connectivity index (χ3v) is 5.18. The van der Waals surface area contributed by atoms with Crippen molar-refractivity contribution in [3.05, 3.63) is 77.9 Å². The molecule has 200 valence electrons. The number of amides is 1. The molecule has 0 saturated heterocycles. The molecule has 1 aromatic heterocycles. The van der Waals surface area contributed by atoms with Gasteiger partial charge in [-0.2, -0.15) is 0 Å². The molecule has 1 amide bonds. The quantitative estimate of drug-likeness (QED) is 0.210. The lowest BCUT2D eigenvalue weighted by atomic mass is 10.1. The second kappa shape index (κ2) is 18.7. The minimum atomic E-state index is -0.191. The van der Waals surface area contributed by atoms with Crippen molar-refractivity contribution in [3.8, 4) is 10.6 Å². The SMILES string of the molecule is CC.CC.CC.CN(C)C.Nc1ccc(C(=O)Nc2ccc(-c3nc4ccc(C=O)cc4s3)cc2)cc1. The van der Waals surface area contributed by atoms with Crippen molar-refractivity contribution in [3.63, 3.8) is 0 Å². The van der Waals surface area contributed by atoms with Crippen molar-refractivity contribution in [1.82, 2.24) is 9.88 Å². The number of rotatable bonds is 4. The highest BCUT2D eigenvalue weighted by atomic mass is 32.1.